The highest BCUT2D eigenvalue weighted by Crippen LogP contribution is 2.31. The molecule has 0 aliphatic rings. The summed E-state index contributed by atoms with van der Waals surface area (Å²) in [5.41, 5.74) is 2.26. The molecule has 1 aromatic heterocycles. The first-order valence-electron chi connectivity index (χ1n) is 11.4. The van der Waals surface area contributed by atoms with Crippen LogP contribution in [0.15, 0.2) is 72.8 Å². The minimum atomic E-state index is 0.358. The zero-order valence-corrected chi connectivity index (χ0v) is 21.2. The van der Waals surface area contributed by atoms with E-state index < -0.39 is 0 Å². The van der Waals surface area contributed by atoms with Gasteiger partial charge in [-0.2, -0.15) is 15.0 Å². The van der Waals surface area contributed by atoms with Gasteiger partial charge >= 0.3 is 0 Å². The second-order valence-electron chi connectivity index (χ2n) is 7.97. The molecule has 12 heteroatoms. The number of anilines is 6. The average Bonchev–Trinajstić information content (AvgIpc) is 2.97. The average molecular weight is 520 g/mol. The van der Waals surface area contributed by atoms with E-state index in [4.69, 9.17) is 44.9 Å². The minimum absolute atomic E-state index is 0.358. The Hall–Kier alpha value is -6.06. The Balaban J connectivity index is 1.73. The molecule has 1 heterocycles. The van der Waals surface area contributed by atoms with Crippen molar-refractivity contribution >= 4 is 34.9 Å². The maximum atomic E-state index is 8.75. The van der Waals surface area contributed by atoms with E-state index >= 15 is 0 Å². The van der Waals surface area contributed by atoms with Crippen molar-refractivity contribution < 1.29 is 14.2 Å². The Kier molecular flexibility index (Phi) is 7.86. The van der Waals surface area contributed by atoms with Gasteiger partial charge in [0.05, 0.1) is 0 Å². The van der Waals surface area contributed by atoms with Crippen LogP contribution in [-0.4, -0.2) is 36.1 Å². The molecule has 0 saturated carbocycles. The lowest BCUT2D eigenvalue weighted by atomic mass is 10.3. The second kappa shape index (κ2) is 11.8. The largest absolute Gasteiger partial charge is 0.388 e. The summed E-state index contributed by atoms with van der Waals surface area (Å²) in [5, 5.41) is 26.3. The second-order valence-corrected chi connectivity index (χ2v) is 7.97. The highest BCUT2D eigenvalue weighted by Gasteiger charge is 2.19. The van der Waals surface area contributed by atoms with Crippen molar-refractivity contribution in [1.82, 2.24) is 15.0 Å². The number of aromatic nitrogens is 3. The fraction of sp³-hybridized carbons (Fsp3) is 0.111. The first kappa shape index (κ1) is 26.0. The molecule has 3 aromatic carbocycles. The van der Waals surface area contributed by atoms with Crippen LogP contribution >= 0.6 is 0 Å². The van der Waals surface area contributed by atoms with Crippen molar-refractivity contribution in [3.63, 3.8) is 0 Å². The summed E-state index contributed by atoms with van der Waals surface area (Å²) in [6.45, 7) is 0. The van der Waals surface area contributed by atoms with E-state index in [0.29, 0.717) is 35.1 Å². The lowest BCUT2D eigenvalue weighted by molar-refractivity contribution is 0.507. The summed E-state index contributed by atoms with van der Waals surface area (Å²) in [6, 6.07) is 20.7. The monoisotopic (exact) mass is 519 g/mol. The summed E-state index contributed by atoms with van der Waals surface area (Å²) in [7, 11) is 5.43. The van der Waals surface area contributed by atoms with E-state index in [2.05, 4.69) is 0 Å². The van der Waals surface area contributed by atoms with Gasteiger partial charge in [0.15, 0.2) is 0 Å². The Morgan fingerprint density at radius 3 is 0.897 bits per heavy atom. The van der Waals surface area contributed by atoms with Crippen LogP contribution in [0.5, 0.6) is 17.2 Å². The van der Waals surface area contributed by atoms with Crippen molar-refractivity contribution in [2.75, 3.05) is 35.8 Å². The van der Waals surface area contributed by atoms with Crippen molar-refractivity contribution in [2.24, 2.45) is 0 Å². The molecular formula is C27H21N9O3. The molecule has 39 heavy (non-hydrogen) atoms. The smallest absolute Gasteiger partial charge is 0.292 e. The van der Waals surface area contributed by atoms with Crippen LogP contribution in [0.25, 0.3) is 0 Å². The van der Waals surface area contributed by atoms with Gasteiger partial charge in [-0.1, -0.05) is 0 Å². The normalized spacial score (nSPS) is 9.85. The number of benzene rings is 3. The lowest BCUT2D eigenvalue weighted by Gasteiger charge is -2.25. The molecule has 0 unspecified atom stereocenters. The van der Waals surface area contributed by atoms with Crippen LogP contribution in [0.1, 0.15) is 0 Å². The number of rotatable bonds is 9. The molecule has 4 aromatic rings. The van der Waals surface area contributed by atoms with E-state index in [1.807, 2.05) is 21.1 Å². The molecule has 12 nitrogen and oxygen atoms in total. The first-order chi connectivity index (χ1) is 18.9. The van der Waals surface area contributed by atoms with Crippen LogP contribution in [0.4, 0.5) is 34.9 Å². The quantitative estimate of drug-likeness (QED) is 0.281. The van der Waals surface area contributed by atoms with E-state index in [9.17, 15) is 0 Å². The molecule has 0 amide bonds. The Bertz CT molecular complexity index is 1350. The zero-order chi connectivity index (χ0) is 27.8. The fourth-order valence-electron chi connectivity index (χ4n) is 3.51. The number of nitrogens with zero attached hydrogens (tertiary/aromatic N) is 9. The first-order valence-corrected chi connectivity index (χ1v) is 11.4. The summed E-state index contributed by atoms with van der Waals surface area (Å²) in [4.78, 5) is 19.4. The van der Waals surface area contributed by atoms with Crippen LogP contribution < -0.4 is 28.9 Å². The van der Waals surface area contributed by atoms with Gasteiger partial charge in [-0.15, -0.1) is 15.8 Å². The molecule has 4 rings (SSSR count). The van der Waals surface area contributed by atoms with Gasteiger partial charge in [0, 0.05) is 38.2 Å². The van der Waals surface area contributed by atoms with E-state index in [1.165, 1.54) is 0 Å². The summed E-state index contributed by atoms with van der Waals surface area (Å²) >= 11 is 0. The Labute approximate surface area is 224 Å². The van der Waals surface area contributed by atoms with E-state index in [1.54, 1.807) is 106 Å². The number of nitriles is 3. The molecule has 0 radical (unpaired) electrons. The summed E-state index contributed by atoms with van der Waals surface area (Å²) in [5.74, 6) is 2.32. The number of hydrogen-bond donors (Lipinski definition) is 0. The molecule has 192 valence electrons. The Morgan fingerprint density at radius 2 is 0.692 bits per heavy atom. The predicted octanol–water partition coefficient (Wildman–Crippen LogP) is 4.75. The molecule has 0 spiro atoms. The topological polar surface area (TPSA) is 147 Å². The molecule has 0 atom stereocenters. The molecule has 0 aliphatic heterocycles. The van der Waals surface area contributed by atoms with Gasteiger partial charge in [-0.3, -0.25) is 0 Å². The molecule has 0 aliphatic carbocycles. The SMILES string of the molecule is CN(c1ccc(OC#N)cc1)c1nc(N(C)c2ccc(OC#N)cc2)nc(N(C)c2ccc(OC#N)cc2)n1. The highest BCUT2D eigenvalue weighted by molar-refractivity contribution is 5.66. The van der Waals surface area contributed by atoms with Crippen molar-refractivity contribution in [3.8, 4) is 36.0 Å². The highest BCUT2D eigenvalue weighted by atomic mass is 16.5. The van der Waals surface area contributed by atoms with Crippen molar-refractivity contribution in [2.45, 2.75) is 0 Å². The fourth-order valence-corrected chi connectivity index (χ4v) is 3.51. The minimum Gasteiger partial charge on any atom is -0.388 e. The number of ether oxygens (including phenoxy) is 3. The summed E-state index contributed by atoms with van der Waals surface area (Å²) < 4.78 is 14.6. The van der Waals surface area contributed by atoms with Crippen LogP contribution in [-0.2, 0) is 0 Å². The third-order valence-corrected chi connectivity index (χ3v) is 5.66. The van der Waals surface area contributed by atoms with Gasteiger partial charge in [0.1, 0.15) is 17.2 Å². The van der Waals surface area contributed by atoms with E-state index in [0.717, 1.165) is 17.1 Å². The third kappa shape index (κ3) is 6.02. The van der Waals surface area contributed by atoms with Crippen LogP contribution in [0, 0.1) is 34.6 Å². The third-order valence-electron chi connectivity index (χ3n) is 5.66. The summed E-state index contributed by atoms with van der Waals surface area (Å²) in [6.07, 6.45) is 4.95. The van der Waals surface area contributed by atoms with Crippen LogP contribution in [0.2, 0.25) is 0 Å². The van der Waals surface area contributed by atoms with E-state index in [-0.39, 0.29) is 0 Å². The van der Waals surface area contributed by atoms with Gasteiger partial charge in [0.25, 0.3) is 18.8 Å². The molecule has 0 fully saturated rings. The number of hydrogen-bond acceptors (Lipinski definition) is 12. The Morgan fingerprint density at radius 1 is 0.462 bits per heavy atom. The predicted molar refractivity (Wildman–Crippen MR) is 142 cm³/mol. The standard InChI is InChI=1S/C27H21N9O3/c1-34(19-4-10-22(11-5-19)37-16-28)25-31-26(35(2)20-6-12-23(13-7-20)38-17-29)33-27(32-25)36(3)21-8-14-24(15-9-21)39-18-30/h4-15H,1-3H3. The molecular weight excluding hydrogens is 498 g/mol. The maximum Gasteiger partial charge on any atom is 0.292 e. The molecule has 0 bridgehead atoms. The molecule has 0 N–H and O–H groups in total. The van der Waals surface area contributed by atoms with Gasteiger partial charge < -0.3 is 28.9 Å². The molecule has 0 saturated heterocycles. The van der Waals surface area contributed by atoms with Crippen molar-refractivity contribution in [1.29, 1.82) is 15.8 Å². The van der Waals surface area contributed by atoms with Gasteiger partial charge in [0.2, 0.25) is 17.8 Å². The van der Waals surface area contributed by atoms with Gasteiger partial charge in [-0.05, 0) is 72.8 Å². The maximum absolute atomic E-state index is 8.75. The lowest BCUT2D eigenvalue weighted by Crippen LogP contribution is -2.22. The van der Waals surface area contributed by atoms with Crippen molar-refractivity contribution in [3.05, 3.63) is 72.8 Å². The van der Waals surface area contributed by atoms with Gasteiger partial charge in [-0.25, -0.2) is 0 Å². The zero-order valence-electron chi connectivity index (χ0n) is 21.2. The van der Waals surface area contributed by atoms with Crippen LogP contribution in [0.3, 0.4) is 0 Å².